The van der Waals surface area contributed by atoms with Crippen LogP contribution >= 0.6 is 0 Å². The van der Waals surface area contributed by atoms with E-state index in [0.29, 0.717) is 26.2 Å². The van der Waals surface area contributed by atoms with Crippen molar-refractivity contribution in [3.63, 3.8) is 0 Å². The molecular weight excluding hydrogens is 302 g/mol. The molecule has 6 nitrogen and oxygen atoms in total. The molecule has 0 aromatic carbocycles. The Morgan fingerprint density at radius 1 is 1.05 bits per heavy atom. The Bertz CT molecular complexity index is 476. The summed E-state index contributed by atoms with van der Waals surface area (Å²) in [6, 6.07) is 0.233. The maximum atomic E-state index is 12.3. The number of rotatable bonds is 3. The van der Waals surface area contributed by atoms with Gasteiger partial charge in [-0.3, -0.25) is 0 Å². The van der Waals surface area contributed by atoms with Gasteiger partial charge in [-0.1, -0.05) is 13.8 Å². The minimum atomic E-state index is -3.14. The smallest absolute Gasteiger partial charge is 0.317 e. The molecule has 1 aliphatic heterocycles. The number of piperazine rings is 1. The standard InChI is InChI=1S/C15H29N3O3S/c1-12(2)13-4-6-14(7-5-13)16-15(19)17-8-10-18(11-9-17)22(3,20)21/h12-14H,4-11H2,1-3H3,(H,16,19). The Kier molecular flexibility index (Phi) is 5.71. The van der Waals surface area contributed by atoms with Crippen molar-refractivity contribution in [2.45, 2.75) is 45.6 Å². The number of sulfonamides is 1. The first-order chi connectivity index (χ1) is 10.3. The zero-order chi connectivity index (χ0) is 16.3. The third-order valence-corrected chi connectivity index (χ3v) is 6.34. The van der Waals surface area contributed by atoms with Gasteiger partial charge in [0.15, 0.2) is 0 Å². The molecule has 7 heteroatoms. The fraction of sp³-hybridized carbons (Fsp3) is 0.933. The Labute approximate surface area is 134 Å². The van der Waals surface area contributed by atoms with Crippen LogP contribution in [0.5, 0.6) is 0 Å². The summed E-state index contributed by atoms with van der Waals surface area (Å²) < 4.78 is 24.4. The molecular formula is C15H29N3O3S. The summed E-state index contributed by atoms with van der Waals surface area (Å²) in [4.78, 5) is 14.0. The van der Waals surface area contributed by atoms with Crippen LogP contribution in [0.2, 0.25) is 0 Å². The average molecular weight is 331 g/mol. The van der Waals surface area contributed by atoms with Crippen LogP contribution in [0.25, 0.3) is 0 Å². The minimum Gasteiger partial charge on any atom is -0.335 e. The van der Waals surface area contributed by atoms with Crippen LogP contribution in [0.15, 0.2) is 0 Å². The zero-order valence-corrected chi connectivity index (χ0v) is 14.7. The van der Waals surface area contributed by atoms with Gasteiger partial charge in [-0.15, -0.1) is 0 Å². The average Bonchev–Trinajstić information content (AvgIpc) is 2.47. The molecule has 1 aliphatic carbocycles. The Morgan fingerprint density at radius 3 is 2.05 bits per heavy atom. The van der Waals surface area contributed by atoms with Gasteiger partial charge in [-0.25, -0.2) is 13.2 Å². The summed E-state index contributed by atoms with van der Waals surface area (Å²) in [6.45, 7) is 6.27. The topological polar surface area (TPSA) is 69.7 Å². The highest BCUT2D eigenvalue weighted by molar-refractivity contribution is 7.88. The Balaban J connectivity index is 1.75. The number of carbonyl (C=O) groups excluding carboxylic acids is 1. The molecule has 1 heterocycles. The molecule has 2 rings (SSSR count). The van der Waals surface area contributed by atoms with Crippen LogP contribution in [0, 0.1) is 11.8 Å². The largest absolute Gasteiger partial charge is 0.335 e. The molecule has 2 aliphatic rings. The maximum absolute atomic E-state index is 12.3. The third-order valence-electron chi connectivity index (χ3n) is 5.04. The number of hydrogen-bond donors (Lipinski definition) is 1. The van der Waals surface area contributed by atoms with E-state index in [1.165, 1.54) is 23.4 Å². The second kappa shape index (κ2) is 7.17. The highest BCUT2D eigenvalue weighted by Crippen LogP contribution is 2.29. The maximum Gasteiger partial charge on any atom is 0.317 e. The van der Waals surface area contributed by atoms with Crippen molar-refractivity contribution >= 4 is 16.1 Å². The second-order valence-electron chi connectivity index (χ2n) is 6.95. The van der Waals surface area contributed by atoms with Crippen molar-refractivity contribution in [2.75, 3.05) is 32.4 Å². The lowest BCUT2D eigenvalue weighted by molar-refractivity contribution is 0.161. The second-order valence-corrected chi connectivity index (χ2v) is 8.94. The van der Waals surface area contributed by atoms with Crippen molar-refractivity contribution in [3.8, 4) is 0 Å². The number of nitrogens with one attached hydrogen (secondary N) is 1. The lowest BCUT2D eigenvalue weighted by Gasteiger charge is -2.36. The van der Waals surface area contributed by atoms with Crippen LogP contribution in [0.1, 0.15) is 39.5 Å². The van der Waals surface area contributed by atoms with Gasteiger partial charge in [0.05, 0.1) is 6.26 Å². The number of hydrogen-bond acceptors (Lipinski definition) is 3. The van der Waals surface area contributed by atoms with Crippen LogP contribution < -0.4 is 5.32 Å². The van der Waals surface area contributed by atoms with Gasteiger partial charge in [0.1, 0.15) is 0 Å². The molecule has 0 aromatic heterocycles. The van der Waals surface area contributed by atoms with Gasteiger partial charge in [0, 0.05) is 32.2 Å². The number of carbonyl (C=O) groups is 1. The van der Waals surface area contributed by atoms with Gasteiger partial charge in [0.2, 0.25) is 10.0 Å². The monoisotopic (exact) mass is 331 g/mol. The molecule has 1 N–H and O–H groups in total. The van der Waals surface area contributed by atoms with Crippen molar-refractivity contribution in [1.29, 1.82) is 0 Å². The molecule has 2 fully saturated rings. The van der Waals surface area contributed by atoms with Crippen molar-refractivity contribution in [1.82, 2.24) is 14.5 Å². The summed E-state index contributed by atoms with van der Waals surface area (Å²) in [5, 5.41) is 3.12. The first-order valence-electron chi connectivity index (χ1n) is 8.28. The number of amides is 2. The highest BCUT2D eigenvalue weighted by Gasteiger charge is 2.29. The predicted molar refractivity (Wildman–Crippen MR) is 87.1 cm³/mol. The molecule has 22 heavy (non-hydrogen) atoms. The van der Waals surface area contributed by atoms with Crippen molar-refractivity contribution in [3.05, 3.63) is 0 Å². The lowest BCUT2D eigenvalue weighted by atomic mass is 9.80. The fourth-order valence-corrected chi connectivity index (χ4v) is 4.25. The molecule has 128 valence electrons. The molecule has 0 spiro atoms. The van der Waals surface area contributed by atoms with E-state index in [2.05, 4.69) is 19.2 Å². The number of urea groups is 1. The van der Waals surface area contributed by atoms with Gasteiger partial charge in [-0.05, 0) is 37.5 Å². The Hall–Kier alpha value is -0.820. The lowest BCUT2D eigenvalue weighted by Crippen LogP contribution is -2.54. The molecule has 0 unspecified atom stereocenters. The molecule has 1 saturated carbocycles. The molecule has 0 bridgehead atoms. The minimum absolute atomic E-state index is 0.0406. The van der Waals surface area contributed by atoms with Crippen LogP contribution in [-0.2, 0) is 10.0 Å². The molecule has 0 aromatic rings. The fourth-order valence-electron chi connectivity index (χ4n) is 3.42. The summed E-state index contributed by atoms with van der Waals surface area (Å²) in [5.74, 6) is 1.51. The van der Waals surface area contributed by atoms with E-state index < -0.39 is 10.0 Å². The summed E-state index contributed by atoms with van der Waals surface area (Å²) in [6.07, 6.45) is 5.70. The normalized spacial score (nSPS) is 27.9. The van der Waals surface area contributed by atoms with Crippen LogP contribution in [-0.4, -0.2) is 62.1 Å². The molecule has 0 atom stereocenters. The number of nitrogens with zero attached hydrogens (tertiary/aromatic N) is 2. The van der Waals surface area contributed by atoms with Crippen LogP contribution in [0.3, 0.4) is 0 Å². The van der Waals surface area contributed by atoms with E-state index >= 15 is 0 Å². The zero-order valence-electron chi connectivity index (χ0n) is 13.9. The van der Waals surface area contributed by atoms with E-state index in [1.54, 1.807) is 4.90 Å². The van der Waals surface area contributed by atoms with E-state index in [4.69, 9.17) is 0 Å². The van der Waals surface area contributed by atoms with Gasteiger partial charge in [-0.2, -0.15) is 4.31 Å². The van der Waals surface area contributed by atoms with Gasteiger partial charge in [0.25, 0.3) is 0 Å². The van der Waals surface area contributed by atoms with E-state index in [0.717, 1.165) is 24.7 Å². The van der Waals surface area contributed by atoms with Gasteiger partial charge < -0.3 is 10.2 Å². The molecule has 2 amide bonds. The van der Waals surface area contributed by atoms with Crippen molar-refractivity contribution < 1.29 is 13.2 Å². The SMILES string of the molecule is CC(C)C1CCC(NC(=O)N2CCN(S(C)(=O)=O)CC2)CC1. The summed E-state index contributed by atoms with van der Waals surface area (Å²) in [7, 11) is -3.14. The third kappa shape index (κ3) is 4.59. The predicted octanol–water partition coefficient (Wildman–Crippen LogP) is 1.49. The molecule has 1 saturated heterocycles. The van der Waals surface area contributed by atoms with Crippen LogP contribution in [0.4, 0.5) is 4.79 Å². The first-order valence-corrected chi connectivity index (χ1v) is 10.1. The highest BCUT2D eigenvalue weighted by atomic mass is 32.2. The molecule has 0 radical (unpaired) electrons. The quantitative estimate of drug-likeness (QED) is 0.852. The summed E-state index contributed by atoms with van der Waals surface area (Å²) in [5.41, 5.74) is 0. The first kappa shape index (κ1) is 17.5. The van der Waals surface area contributed by atoms with Crippen molar-refractivity contribution in [2.24, 2.45) is 11.8 Å². The van der Waals surface area contributed by atoms with E-state index in [9.17, 15) is 13.2 Å². The Morgan fingerprint density at radius 2 is 1.59 bits per heavy atom. The van der Waals surface area contributed by atoms with Gasteiger partial charge >= 0.3 is 6.03 Å². The van der Waals surface area contributed by atoms with E-state index in [-0.39, 0.29) is 12.1 Å². The summed E-state index contributed by atoms with van der Waals surface area (Å²) >= 11 is 0. The van der Waals surface area contributed by atoms with E-state index in [1.807, 2.05) is 0 Å².